The molecule has 0 radical (unpaired) electrons. The van der Waals surface area contributed by atoms with Gasteiger partial charge in [-0.25, -0.2) is 4.39 Å². The molecule has 0 fully saturated rings. The molecule has 3 rings (SSSR count). The van der Waals surface area contributed by atoms with Crippen molar-refractivity contribution >= 4 is 11.6 Å². The van der Waals surface area contributed by atoms with Gasteiger partial charge in [0.05, 0.1) is 0 Å². The first-order chi connectivity index (χ1) is 10.2. The van der Waals surface area contributed by atoms with Crippen molar-refractivity contribution in [3.05, 3.63) is 65.5 Å². The van der Waals surface area contributed by atoms with E-state index in [9.17, 15) is 9.18 Å². The van der Waals surface area contributed by atoms with Gasteiger partial charge in [0, 0.05) is 18.2 Å². The number of halogens is 1. The van der Waals surface area contributed by atoms with Crippen LogP contribution in [0.15, 0.2) is 48.5 Å². The fourth-order valence-electron chi connectivity index (χ4n) is 3.01. The van der Waals surface area contributed by atoms with Crippen molar-refractivity contribution in [3.63, 3.8) is 0 Å². The monoisotopic (exact) mass is 283 g/mol. The van der Waals surface area contributed by atoms with Crippen LogP contribution in [0.1, 0.15) is 24.5 Å². The van der Waals surface area contributed by atoms with Gasteiger partial charge >= 0.3 is 0 Å². The lowest BCUT2D eigenvalue weighted by molar-refractivity contribution is -0.118. The Morgan fingerprint density at radius 3 is 2.71 bits per heavy atom. The number of carbonyl (C=O) groups is 1. The van der Waals surface area contributed by atoms with Gasteiger partial charge in [-0.3, -0.25) is 4.79 Å². The Labute approximate surface area is 124 Å². The highest BCUT2D eigenvalue weighted by molar-refractivity contribution is 5.96. The van der Waals surface area contributed by atoms with Crippen LogP contribution < -0.4 is 4.90 Å². The van der Waals surface area contributed by atoms with Crippen molar-refractivity contribution < 1.29 is 9.18 Å². The summed E-state index contributed by atoms with van der Waals surface area (Å²) in [6, 6.07) is 14.8. The average molecular weight is 283 g/mol. The number of nitrogens with zero attached hydrogens (tertiary/aromatic N) is 1. The Bertz CT molecular complexity index is 668. The zero-order chi connectivity index (χ0) is 14.8. The van der Waals surface area contributed by atoms with E-state index < -0.39 is 0 Å². The van der Waals surface area contributed by atoms with Gasteiger partial charge in [0.25, 0.3) is 0 Å². The predicted molar refractivity (Wildman–Crippen MR) is 81.8 cm³/mol. The second-order valence-corrected chi connectivity index (χ2v) is 5.54. The molecule has 21 heavy (non-hydrogen) atoms. The lowest BCUT2D eigenvalue weighted by atomic mass is 10.1. The van der Waals surface area contributed by atoms with Crippen LogP contribution in [0, 0.1) is 5.82 Å². The maximum atomic E-state index is 13.6. The fraction of sp³-hybridized carbons (Fsp3) is 0.278. The second-order valence-electron chi connectivity index (χ2n) is 5.54. The molecule has 0 N–H and O–H groups in total. The molecule has 1 aliphatic heterocycles. The third-order valence-electron chi connectivity index (χ3n) is 4.04. The second kappa shape index (κ2) is 5.68. The summed E-state index contributed by atoms with van der Waals surface area (Å²) in [7, 11) is 0. The number of rotatable bonds is 3. The number of benzene rings is 2. The number of amides is 1. The zero-order valence-electron chi connectivity index (χ0n) is 12.1. The summed E-state index contributed by atoms with van der Waals surface area (Å²) in [4.78, 5) is 14.4. The molecule has 1 atom stereocenters. The van der Waals surface area contributed by atoms with Crippen LogP contribution in [-0.4, -0.2) is 11.9 Å². The number of hydrogen-bond donors (Lipinski definition) is 0. The smallest absolute Gasteiger partial charge is 0.227 e. The number of fused-ring (bicyclic) bond motifs is 1. The molecule has 108 valence electrons. The highest BCUT2D eigenvalue weighted by atomic mass is 19.1. The minimum Gasteiger partial charge on any atom is -0.309 e. The largest absolute Gasteiger partial charge is 0.309 e. The fourth-order valence-corrected chi connectivity index (χ4v) is 3.01. The SMILES string of the molecule is C[C@H]1Cc2ccccc2N1C(=O)CCc1ccccc1F. The van der Waals surface area contributed by atoms with E-state index in [1.165, 1.54) is 11.6 Å². The molecular weight excluding hydrogens is 265 g/mol. The van der Waals surface area contributed by atoms with Crippen molar-refractivity contribution in [1.82, 2.24) is 0 Å². The predicted octanol–water partition coefficient (Wildman–Crippen LogP) is 3.74. The summed E-state index contributed by atoms with van der Waals surface area (Å²) in [6.45, 7) is 2.06. The van der Waals surface area contributed by atoms with E-state index in [4.69, 9.17) is 0 Å². The summed E-state index contributed by atoms with van der Waals surface area (Å²) < 4.78 is 13.6. The standard InChI is InChI=1S/C18H18FNO/c1-13-12-15-7-3-5-9-17(15)20(13)18(21)11-10-14-6-2-4-8-16(14)19/h2-9,13H,10-12H2,1H3/t13-/m0/s1. The van der Waals surface area contributed by atoms with Crippen LogP contribution in [0.2, 0.25) is 0 Å². The first kappa shape index (κ1) is 13.8. The molecule has 2 nitrogen and oxygen atoms in total. The van der Waals surface area contributed by atoms with Crippen molar-refractivity contribution in [1.29, 1.82) is 0 Å². The van der Waals surface area contributed by atoms with Crippen LogP contribution in [0.4, 0.5) is 10.1 Å². The Balaban J connectivity index is 1.73. The highest BCUT2D eigenvalue weighted by Crippen LogP contribution is 2.32. The summed E-state index contributed by atoms with van der Waals surface area (Å²) in [5.41, 5.74) is 2.82. The van der Waals surface area contributed by atoms with Crippen LogP contribution >= 0.6 is 0 Å². The van der Waals surface area contributed by atoms with Gasteiger partial charge in [-0.2, -0.15) is 0 Å². The van der Waals surface area contributed by atoms with E-state index in [2.05, 4.69) is 13.0 Å². The lowest BCUT2D eigenvalue weighted by Crippen LogP contribution is -2.35. The Morgan fingerprint density at radius 1 is 1.19 bits per heavy atom. The number of para-hydroxylation sites is 1. The van der Waals surface area contributed by atoms with Gasteiger partial charge in [-0.1, -0.05) is 36.4 Å². The highest BCUT2D eigenvalue weighted by Gasteiger charge is 2.30. The Kier molecular flexibility index (Phi) is 3.74. The summed E-state index contributed by atoms with van der Waals surface area (Å²) >= 11 is 0. The molecule has 2 aromatic carbocycles. The molecule has 1 heterocycles. The quantitative estimate of drug-likeness (QED) is 0.840. The summed E-state index contributed by atoms with van der Waals surface area (Å²) in [6.07, 6.45) is 1.66. The molecule has 3 heteroatoms. The minimum absolute atomic E-state index is 0.0655. The van der Waals surface area contributed by atoms with Gasteiger partial charge in [0.15, 0.2) is 0 Å². The summed E-state index contributed by atoms with van der Waals surface area (Å²) in [5.74, 6) is -0.170. The number of carbonyl (C=O) groups excluding carboxylic acids is 1. The van der Waals surface area contributed by atoms with E-state index in [1.54, 1.807) is 18.2 Å². The average Bonchev–Trinajstić information content (AvgIpc) is 2.82. The van der Waals surface area contributed by atoms with Crippen molar-refractivity contribution in [2.45, 2.75) is 32.2 Å². The lowest BCUT2D eigenvalue weighted by Gasteiger charge is -2.22. The molecule has 0 spiro atoms. The number of aryl methyl sites for hydroxylation is 1. The Hall–Kier alpha value is -2.16. The van der Waals surface area contributed by atoms with Crippen molar-refractivity contribution in [3.8, 4) is 0 Å². The Morgan fingerprint density at radius 2 is 1.90 bits per heavy atom. The first-order valence-electron chi connectivity index (χ1n) is 7.30. The maximum absolute atomic E-state index is 13.6. The molecule has 0 aliphatic carbocycles. The first-order valence-corrected chi connectivity index (χ1v) is 7.30. The summed E-state index contributed by atoms with van der Waals surface area (Å²) in [5, 5.41) is 0. The number of hydrogen-bond acceptors (Lipinski definition) is 1. The molecule has 0 bridgehead atoms. The van der Waals surface area contributed by atoms with Crippen LogP contribution in [-0.2, 0) is 17.6 Å². The third kappa shape index (κ3) is 2.68. The van der Waals surface area contributed by atoms with Crippen LogP contribution in [0.3, 0.4) is 0 Å². The van der Waals surface area contributed by atoms with Gasteiger partial charge in [0.1, 0.15) is 5.82 Å². The molecule has 1 amide bonds. The molecule has 2 aromatic rings. The van der Waals surface area contributed by atoms with Gasteiger partial charge < -0.3 is 4.90 Å². The molecule has 0 aromatic heterocycles. The topological polar surface area (TPSA) is 20.3 Å². The van der Waals surface area contributed by atoms with Gasteiger partial charge in [-0.15, -0.1) is 0 Å². The van der Waals surface area contributed by atoms with Gasteiger partial charge in [-0.05, 0) is 43.0 Å². The van der Waals surface area contributed by atoms with Crippen LogP contribution in [0.25, 0.3) is 0 Å². The zero-order valence-corrected chi connectivity index (χ0v) is 12.1. The van der Waals surface area contributed by atoms with Crippen LogP contribution in [0.5, 0.6) is 0 Å². The van der Waals surface area contributed by atoms with E-state index in [1.807, 2.05) is 23.1 Å². The van der Waals surface area contributed by atoms with Gasteiger partial charge in [0.2, 0.25) is 5.91 Å². The maximum Gasteiger partial charge on any atom is 0.227 e. The van der Waals surface area contributed by atoms with E-state index >= 15 is 0 Å². The van der Waals surface area contributed by atoms with E-state index in [-0.39, 0.29) is 17.8 Å². The molecule has 0 saturated carbocycles. The molecule has 1 aliphatic rings. The van der Waals surface area contributed by atoms with E-state index in [0.29, 0.717) is 18.4 Å². The van der Waals surface area contributed by atoms with E-state index in [0.717, 1.165) is 12.1 Å². The normalized spacial score (nSPS) is 16.9. The molecule has 0 saturated heterocycles. The molecule has 0 unspecified atom stereocenters. The molecular formula is C18H18FNO. The minimum atomic E-state index is -0.236. The van der Waals surface area contributed by atoms with Crippen molar-refractivity contribution in [2.24, 2.45) is 0 Å². The third-order valence-corrected chi connectivity index (χ3v) is 4.04. The van der Waals surface area contributed by atoms with Crippen molar-refractivity contribution in [2.75, 3.05) is 4.90 Å². The number of anilines is 1.